The van der Waals surface area contributed by atoms with Crippen molar-refractivity contribution in [2.45, 2.75) is 19.8 Å². The highest BCUT2D eigenvalue weighted by Crippen LogP contribution is 2.18. The molecule has 0 aliphatic carbocycles. The van der Waals surface area contributed by atoms with Gasteiger partial charge in [-0.1, -0.05) is 67.6 Å². The molecule has 0 atom stereocenters. The number of hydrogen-bond acceptors (Lipinski definition) is 3. The number of aryl methyl sites for hydroxylation is 1. The molecule has 3 aromatic carbocycles. The highest BCUT2D eigenvalue weighted by molar-refractivity contribution is 5.96. The van der Waals surface area contributed by atoms with Gasteiger partial charge in [0.15, 0.2) is 0 Å². The topological polar surface area (TPSA) is 87.3 Å². The molecule has 0 bridgehead atoms. The molecule has 30 heavy (non-hydrogen) atoms. The minimum atomic E-state index is -0.416. The van der Waals surface area contributed by atoms with Gasteiger partial charge >= 0.3 is 0 Å². The molecule has 0 fully saturated rings. The average Bonchev–Trinajstić information content (AvgIpc) is 2.77. The highest BCUT2D eigenvalue weighted by Gasteiger charge is 2.11. The Bertz CT molecular complexity index is 1060. The summed E-state index contributed by atoms with van der Waals surface area (Å²) in [6, 6.07) is 21.2. The van der Waals surface area contributed by atoms with Crippen LogP contribution >= 0.6 is 0 Å². The van der Waals surface area contributed by atoms with Gasteiger partial charge in [-0.15, -0.1) is 0 Å². The maximum Gasteiger partial charge on any atom is 0.243 e. The van der Waals surface area contributed by atoms with Crippen molar-refractivity contribution >= 4 is 34.2 Å². The third-order valence-electron chi connectivity index (χ3n) is 4.80. The Labute approximate surface area is 175 Å². The third-order valence-corrected chi connectivity index (χ3v) is 4.80. The molecule has 3 N–H and O–H groups in total. The van der Waals surface area contributed by atoms with E-state index in [1.807, 2.05) is 73.7 Å². The lowest BCUT2D eigenvalue weighted by atomic mass is 10.0. The van der Waals surface area contributed by atoms with Crippen molar-refractivity contribution < 1.29 is 14.4 Å². The number of anilines is 1. The fourth-order valence-electron chi connectivity index (χ4n) is 3.25. The zero-order valence-electron chi connectivity index (χ0n) is 16.9. The standard InChI is InChI=1S/C24H25N3O3/c1-2-17-8-4-6-13-21(17)27-24(30)16-26-23(29)15-25-22(28)14-19-11-7-10-18-9-3-5-12-20(18)19/h3-13H,2,14-16H2,1H3,(H,25,28)(H,26,29)(H,27,30). The van der Waals surface area contributed by atoms with E-state index in [1.54, 1.807) is 0 Å². The molecular weight excluding hydrogens is 378 g/mol. The van der Waals surface area contributed by atoms with Gasteiger partial charge in [0.05, 0.1) is 19.5 Å². The quantitative estimate of drug-likeness (QED) is 0.541. The van der Waals surface area contributed by atoms with Crippen LogP contribution in [0.5, 0.6) is 0 Å². The summed E-state index contributed by atoms with van der Waals surface area (Å²) in [4.78, 5) is 36.3. The number of benzene rings is 3. The molecule has 0 aliphatic rings. The first-order valence-electron chi connectivity index (χ1n) is 9.94. The number of rotatable bonds is 8. The van der Waals surface area contributed by atoms with E-state index in [2.05, 4.69) is 16.0 Å². The van der Waals surface area contributed by atoms with Crippen LogP contribution in [0.4, 0.5) is 5.69 Å². The van der Waals surface area contributed by atoms with Gasteiger partial charge in [-0.3, -0.25) is 14.4 Å². The normalized spacial score (nSPS) is 10.4. The highest BCUT2D eigenvalue weighted by atomic mass is 16.2. The number of fused-ring (bicyclic) bond motifs is 1. The summed E-state index contributed by atoms with van der Waals surface area (Å²) in [6.07, 6.45) is 0.981. The Hall–Kier alpha value is -3.67. The fraction of sp³-hybridized carbons (Fsp3) is 0.208. The van der Waals surface area contributed by atoms with Crippen molar-refractivity contribution in [1.82, 2.24) is 10.6 Å². The van der Waals surface area contributed by atoms with Crippen molar-refractivity contribution in [2.24, 2.45) is 0 Å². The first-order chi connectivity index (χ1) is 14.6. The fourth-order valence-corrected chi connectivity index (χ4v) is 3.25. The monoisotopic (exact) mass is 403 g/mol. The molecule has 3 aromatic rings. The van der Waals surface area contributed by atoms with Gasteiger partial charge in [-0.25, -0.2) is 0 Å². The van der Waals surface area contributed by atoms with E-state index >= 15 is 0 Å². The average molecular weight is 403 g/mol. The minimum Gasteiger partial charge on any atom is -0.347 e. The predicted molar refractivity (Wildman–Crippen MR) is 118 cm³/mol. The molecule has 6 heteroatoms. The lowest BCUT2D eigenvalue weighted by molar-refractivity contribution is -0.126. The zero-order valence-corrected chi connectivity index (χ0v) is 16.9. The smallest absolute Gasteiger partial charge is 0.243 e. The van der Waals surface area contributed by atoms with Crippen LogP contribution in [0.25, 0.3) is 10.8 Å². The maximum absolute atomic E-state index is 12.2. The Morgan fingerprint density at radius 1 is 0.700 bits per heavy atom. The van der Waals surface area contributed by atoms with Gasteiger partial charge in [-0.2, -0.15) is 0 Å². The molecule has 0 heterocycles. The molecule has 0 saturated heterocycles. The summed E-state index contributed by atoms with van der Waals surface area (Å²) < 4.78 is 0. The second-order valence-corrected chi connectivity index (χ2v) is 6.93. The van der Waals surface area contributed by atoms with Crippen molar-refractivity contribution in [2.75, 3.05) is 18.4 Å². The summed E-state index contributed by atoms with van der Waals surface area (Å²) in [6.45, 7) is 1.67. The molecule has 0 saturated carbocycles. The Kier molecular flexibility index (Phi) is 7.16. The van der Waals surface area contributed by atoms with Gasteiger partial charge < -0.3 is 16.0 Å². The molecular formula is C24H25N3O3. The summed E-state index contributed by atoms with van der Waals surface area (Å²) in [5.41, 5.74) is 2.67. The SMILES string of the molecule is CCc1ccccc1NC(=O)CNC(=O)CNC(=O)Cc1cccc2ccccc12. The van der Waals surface area contributed by atoms with Crippen molar-refractivity contribution in [3.05, 3.63) is 77.9 Å². The van der Waals surface area contributed by atoms with Crippen molar-refractivity contribution in [3.8, 4) is 0 Å². The van der Waals surface area contributed by atoms with E-state index in [9.17, 15) is 14.4 Å². The minimum absolute atomic E-state index is 0.157. The van der Waals surface area contributed by atoms with E-state index in [-0.39, 0.29) is 31.3 Å². The zero-order chi connectivity index (χ0) is 21.3. The summed E-state index contributed by atoms with van der Waals surface area (Å²) in [5, 5.41) is 10.0. The number of nitrogens with one attached hydrogen (secondary N) is 3. The number of para-hydroxylation sites is 1. The van der Waals surface area contributed by atoms with Gasteiger partial charge in [0.1, 0.15) is 0 Å². The number of carbonyl (C=O) groups is 3. The molecule has 3 amide bonds. The molecule has 154 valence electrons. The summed E-state index contributed by atoms with van der Waals surface area (Å²) >= 11 is 0. The van der Waals surface area contributed by atoms with Crippen LogP contribution in [0.3, 0.4) is 0 Å². The Morgan fingerprint density at radius 2 is 1.33 bits per heavy atom. The van der Waals surface area contributed by atoms with Crippen LogP contribution in [0.2, 0.25) is 0 Å². The van der Waals surface area contributed by atoms with E-state index < -0.39 is 5.91 Å². The molecule has 0 unspecified atom stereocenters. The van der Waals surface area contributed by atoms with Crippen LogP contribution in [-0.4, -0.2) is 30.8 Å². The first-order valence-corrected chi connectivity index (χ1v) is 9.94. The molecule has 0 aliphatic heterocycles. The third kappa shape index (κ3) is 5.67. The molecule has 0 radical (unpaired) electrons. The molecule has 3 rings (SSSR count). The van der Waals surface area contributed by atoms with Crippen molar-refractivity contribution in [1.29, 1.82) is 0 Å². The van der Waals surface area contributed by atoms with E-state index in [4.69, 9.17) is 0 Å². The van der Waals surface area contributed by atoms with E-state index in [0.29, 0.717) is 0 Å². The van der Waals surface area contributed by atoms with Gasteiger partial charge in [0.25, 0.3) is 0 Å². The van der Waals surface area contributed by atoms with Gasteiger partial charge in [-0.05, 0) is 34.4 Å². The predicted octanol–water partition coefficient (Wildman–Crippen LogP) is 2.82. The second-order valence-electron chi connectivity index (χ2n) is 6.93. The first kappa shape index (κ1) is 21.0. The molecule has 6 nitrogen and oxygen atoms in total. The van der Waals surface area contributed by atoms with Crippen molar-refractivity contribution in [3.63, 3.8) is 0 Å². The molecule has 0 spiro atoms. The Balaban J connectivity index is 1.44. The number of hydrogen-bond donors (Lipinski definition) is 3. The van der Waals surface area contributed by atoms with Gasteiger partial charge in [0.2, 0.25) is 17.7 Å². The largest absolute Gasteiger partial charge is 0.347 e. The van der Waals surface area contributed by atoms with Crippen LogP contribution in [0.1, 0.15) is 18.1 Å². The number of carbonyl (C=O) groups excluding carboxylic acids is 3. The van der Waals surface area contributed by atoms with E-state index in [0.717, 1.165) is 34.0 Å². The summed E-state index contributed by atoms with van der Waals surface area (Å²) in [5.74, 6) is -0.977. The van der Waals surface area contributed by atoms with Crippen LogP contribution in [0.15, 0.2) is 66.7 Å². The van der Waals surface area contributed by atoms with Crippen LogP contribution < -0.4 is 16.0 Å². The summed E-state index contributed by atoms with van der Waals surface area (Å²) in [7, 11) is 0. The number of amides is 3. The lowest BCUT2D eigenvalue weighted by Gasteiger charge is -2.11. The lowest BCUT2D eigenvalue weighted by Crippen LogP contribution is -2.40. The maximum atomic E-state index is 12.2. The van der Waals surface area contributed by atoms with Crippen LogP contribution in [0, 0.1) is 0 Å². The van der Waals surface area contributed by atoms with Gasteiger partial charge in [0, 0.05) is 5.69 Å². The Morgan fingerprint density at radius 3 is 2.17 bits per heavy atom. The van der Waals surface area contributed by atoms with E-state index in [1.165, 1.54) is 0 Å². The molecule has 0 aromatic heterocycles. The second kappa shape index (κ2) is 10.2. The van der Waals surface area contributed by atoms with Crippen LogP contribution in [-0.2, 0) is 27.2 Å².